The second-order valence-electron chi connectivity index (χ2n) is 5.25. The van der Waals surface area contributed by atoms with Gasteiger partial charge in [0.25, 0.3) is 5.91 Å². The first-order valence-corrected chi connectivity index (χ1v) is 6.25. The molecule has 4 nitrogen and oxygen atoms in total. The lowest BCUT2D eigenvalue weighted by Gasteiger charge is -2.25. The summed E-state index contributed by atoms with van der Waals surface area (Å²) in [5, 5.41) is 12.4. The van der Waals surface area contributed by atoms with Crippen molar-refractivity contribution in [3.63, 3.8) is 0 Å². The first-order valence-electron chi connectivity index (χ1n) is 6.25. The van der Waals surface area contributed by atoms with Gasteiger partial charge in [-0.05, 0) is 38.2 Å². The van der Waals surface area contributed by atoms with Crippen LogP contribution in [0.15, 0.2) is 18.2 Å². The maximum Gasteiger partial charge on any atom is 0.255 e. The minimum atomic E-state index is -0.545. The summed E-state index contributed by atoms with van der Waals surface area (Å²) in [6.07, 6.45) is 0. The molecule has 0 bridgehead atoms. The number of phenolic OH excluding ortho intramolecular Hbond substituents is 1. The van der Waals surface area contributed by atoms with Gasteiger partial charge in [-0.3, -0.25) is 4.79 Å². The molecular weight excluding hydrogens is 247 g/mol. The number of hydrogen-bond acceptors (Lipinski definition) is 3. The largest absolute Gasteiger partial charge is 0.507 e. The smallest absolute Gasteiger partial charge is 0.255 e. The van der Waals surface area contributed by atoms with E-state index in [0.717, 1.165) is 12.1 Å². The van der Waals surface area contributed by atoms with E-state index in [1.807, 2.05) is 32.8 Å². The van der Waals surface area contributed by atoms with Crippen molar-refractivity contribution < 1.29 is 14.3 Å². The summed E-state index contributed by atoms with van der Waals surface area (Å²) in [4.78, 5) is 14.0. The number of carbonyl (C=O) groups excluding carboxylic acids is 1. The van der Waals surface area contributed by atoms with Gasteiger partial charge in [-0.25, -0.2) is 4.39 Å². The second kappa shape index (κ2) is 6.52. The lowest BCUT2D eigenvalue weighted by atomic mass is 10.0. The van der Waals surface area contributed by atoms with Gasteiger partial charge in [0.2, 0.25) is 0 Å². The number of hydrogen-bond donors (Lipinski definition) is 2. The maximum absolute atomic E-state index is 13.1. The fourth-order valence-electron chi connectivity index (χ4n) is 1.75. The molecule has 5 heteroatoms. The molecule has 0 saturated carbocycles. The molecular formula is C14H21FN2O2. The quantitative estimate of drug-likeness (QED) is 0.857. The molecule has 1 rings (SSSR count). The average molecular weight is 268 g/mol. The molecule has 1 atom stereocenters. The molecule has 1 amide bonds. The molecule has 0 heterocycles. The minimum absolute atomic E-state index is 0.0376. The van der Waals surface area contributed by atoms with E-state index in [1.165, 1.54) is 6.07 Å². The van der Waals surface area contributed by atoms with Crippen molar-refractivity contribution in [1.29, 1.82) is 0 Å². The van der Waals surface area contributed by atoms with Gasteiger partial charge in [-0.15, -0.1) is 0 Å². The van der Waals surface area contributed by atoms with Crippen LogP contribution in [0.1, 0.15) is 24.2 Å². The third-order valence-corrected chi connectivity index (χ3v) is 2.89. The lowest BCUT2D eigenvalue weighted by Crippen LogP contribution is -2.45. The number of nitrogens with one attached hydrogen (secondary N) is 1. The van der Waals surface area contributed by atoms with Crippen molar-refractivity contribution >= 4 is 5.91 Å². The summed E-state index contributed by atoms with van der Waals surface area (Å²) in [7, 11) is 3.84. The van der Waals surface area contributed by atoms with E-state index in [9.17, 15) is 14.3 Å². The molecule has 1 aromatic carbocycles. The zero-order valence-electron chi connectivity index (χ0n) is 11.8. The zero-order valence-corrected chi connectivity index (χ0v) is 11.8. The summed E-state index contributed by atoms with van der Waals surface area (Å²) in [5.41, 5.74) is -0.0376. The average Bonchev–Trinajstić information content (AvgIpc) is 2.30. The molecule has 106 valence electrons. The van der Waals surface area contributed by atoms with Gasteiger partial charge in [0.1, 0.15) is 11.6 Å². The Labute approximate surface area is 113 Å². The van der Waals surface area contributed by atoms with Gasteiger partial charge in [0, 0.05) is 12.6 Å². The SMILES string of the molecule is CC(C)C(CN(C)C)NC(=O)c1cc(F)ccc1O. The number of carbonyl (C=O) groups is 1. The maximum atomic E-state index is 13.1. The Morgan fingerprint density at radius 3 is 2.58 bits per heavy atom. The van der Waals surface area contributed by atoms with E-state index in [4.69, 9.17) is 0 Å². The van der Waals surface area contributed by atoms with Crippen molar-refractivity contribution in [2.75, 3.05) is 20.6 Å². The van der Waals surface area contributed by atoms with Crippen LogP contribution >= 0.6 is 0 Å². The summed E-state index contributed by atoms with van der Waals surface area (Å²) in [6, 6.07) is 3.27. The van der Waals surface area contributed by atoms with Crippen LogP contribution < -0.4 is 5.32 Å². The van der Waals surface area contributed by atoms with Crippen molar-refractivity contribution in [3.05, 3.63) is 29.6 Å². The van der Waals surface area contributed by atoms with Crippen LogP contribution in [0, 0.1) is 11.7 Å². The summed E-state index contributed by atoms with van der Waals surface area (Å²) < 4.78 is 13.1. The van der Waals surface area contributed by atoms with Gasteiger partial charge in [0.15, 0.2) is 0 Å². The molecule has 2 N–H and O–H groups in total. The van der Waals surface area contributed by atoms with Crippen LogP contribution in [-0.2, 0) is 0 Å². The van der Waals surface area contributed by atoms with E-state index in [-0.39, 0.29) is 23.3 Å². The Balaban J connectivity index is 2.84. The Kier molecular flexibility index (Phi) is 5.30. The number of halogens is 1. The van der Waals surface area contributed by atoms with Crippen molar-refractivity contribution in [3.8, 4) is 5.75 Å². The number of aromatic hydroxyl groups is 1. The summed E-state index contributed by atoms with van der Waals surface area (Å²) >= 11 is 0. The molecule has 1 aromatic rings. The molecule has 0 aliphatic carbocycles. The van der Waals surface area contributed by atoms with E-state index in [0.29, 0.717) is 6.54 Å². The highest BCUT2D eigenvalue weighted by molar-refractivity contribution is 5.97. The lowest BCUT2D eigenvalue weighted by molar-refractivity contribution is 0.0913. The molecule has 0 saturated heterocycles. The normalized spacial score (nSPS) is 12.8. The molecule has 0 aliphatic heterocycles. The number of nitrogens with zero attached hydrogens (tertiary/aromatic N) is 1. The number of benzene rings is 1. The third kappa shape index (κ3) is 4.52. The fraction of sp³-hybridized carbons (Fsp3) is 0.500. The van der Waals surface area contributed by atoms with Crippen molar-refractivity contribution in [1.82, 2.24) is 10.2 Å². The zero-order chi connectivity index (χ0) is 14.6. The van der Waals surface area contributed by atoms with Gasteiger partial charge < -0.3 is 15.3 Å². The Morgan fingerprint density at radius 2 is 2.05 bits per heavy atom. The van der Waals surface area contributed by atoms with E-state index >= 15 is 0 Å². The van der Waals surface area contributed by atoms with Crippen LogP contribution in [0.3, 0.4) is 0 Å². The third-order valence-electron chi connectivity index (χ3n) is 2.89. The van der Waals surface area contributed by atoms with Gasteiger partial charge >= 0.3 is 0 Å². The number of likely N-dealkylation sites (N-methyl/N-ethyl adjacent to an activating group) is 1. The standard InChI is InChI=1S/C14H21FN2O2/c1-9(2)12(8-17(3)4)16-14(19)11-7-10(15)5-6-13(11)18/h5-7,9,12,18H,8H2,1-4H3,(H,16,19). The number of rotatable bonds is 5. The number of amides is 1. The molecule has 1 unspecified atom stereocenters. The molecule has 0 aliphatic rings. The molecule has 0 radical (unpaired) electrons. The van der Waals surface area contributed by atoms with Crippen LogP contribution in [0.25, 0.3) is 0 Å². The predicted octanol–water partition coefficient (Wildman–Crippen LogP) is 1.85. The fourth-order valence-corrected chi connectivity index (χ4v) is 1.75. The van der Waals surface area contributed by atoms with E-state index in [1.54, 1.807) is 0 Å². The van der Waals surface area contributed by atoms with Gasteiger partial charge in [-0.1, -0.05) is 13.8 Å². The van der Waals surface area contributed by atoms with Gasteiger partial charge in [0.05, 0.1) is 5.56 Å². The first kappa shape index (κ1) is 15.4. The Morgan fingerprint density at radius 1 is 1.42 bits per heavy atom. The Hall–Kier alpha value is -1.62. The van der Waals surface area contributed by atoms with Crippen LogP contribution in [0.5, 0.6) is 5.75 Å². The molecule has 0 aromatic heterocycles. The molecule has 0 fully saturated rings. The van der Waals surface area contributed by atoms with Crippen LogP contribution in [-0.4, -0.2) is 42.6 Å². The van der Waals surface area contributed by atoms with Crippen LogP contribution in [0.2, 0.25) is 0 Å². The summed E-state index contributed by atoms with van der Waals surface area (Å²) in [6.45, 7) is 4.68. The van der Waals surface area contributed by atoms with E-state index < -0.39 is 11.7 Å². The Bertz CT molecular complexity index is 447. The first-order chi connectivity index (χ1) is 8.81. The highest BCUT2D eigenvalue weighted by atomic mass is 19.1. The predicted molar refractivity (Wildman–Crippen MR) is 72.7 cm³/mol. The van der Waals surface area contributed by atoms with E-state index in [2.05, 4.69) is 5.32 Å². The van der Waals surface area contributed by atoms with Crippen molar-refractivity contribution in [2.24, 2.45) is 5.92 Å². The van der Waals surface area contributed by atoms with Crippen LogP contribution in [0.4, 0.5) is 4.39 Å². The van der Waals surface area contributed by atoms with Gasteiger partial charge in [-0.2, -0.15) is 0 Å². The minimum Gasteiger partial charge on any atom is -0.507 e. The summed E-state index contributed by atoms with van der Waals surface area (Å²) in [5.74, 6) is -0.984. The topological polar surface area (TPSA) is 52.6 Å². The molecule has 0 spiro atoms. The monoisotopic (exact) mass is 268 g/mol. The highest BCUT2D eigenvalue weighted by Gasteiger charge is 2.20. The highest BCUT2D eigenvalue weighted by Crippen LogP contribution is 2.18. The van der Waals surface area contributed by atoms with Crippen molar-refractivity contribution in [2.45, 2.75) is 19.9 Å². The second-order valence-corrected chi connectivity index (χ2v) is 5.25. The number of phenols is 1. The molecule has 19 heavy (non-hydrogen) atoms.